The molecule has 1 N–H and O–H groups in total. The maximum Gasteiger partial charge on any atom is 0.152 e. The number of fused-ring (bicyclic) bond motifs is 1. The molecule has 2 unspecified atom stereocenters. The van der Waals surface area contributed by atoms with Crippen molar-refractivity contribution in [1.29, 1.82) is 0 Å². The van der Waals surface area contributed by atoms with E-state index >= 15 is 0 Å². The van der Waals surface area contributed by atoms with Gasteiger partial charge in [0.25, 0.3) is 0 Å². The second kappa shape index (κ2) is 10.2. The predicted molar refractivity (Wildman–Crippen MR) is 150 cm³/mol. The van der Waals surface area contributed by atoms with Gasteiger partial charge in [-0.15, -0.1) is 0 Å². The lowest BCUT2D eigenvalue weighted by atomic mass is 9.81. The average molecular weight is 479 g/mol. The fourth-order valence-corrected chi connectivity index (χ4v) is 5.41. The fourth-order valence-electron chi connectivity index (χ4n) is 5.41. The standard InChI is InChI=1S/C32H34N2O2/c1-21-15-29-22(2)17-27(25-9-11-28(12-10-25)34-13-14-36-23(3)19-34)18-31(29)30(16-21)24(4)33-32-8-6-5-7-26(32)20-35/h5-12,15-17,20,23-24,33H,2,13-14,18-19H2,1,3-4H3. The van der Waals surface area contributed by atoms with E-state index in [1.807, 2.05) is 24.3 Å². The average Bonchev–Trinajstić information content (AvgIpc) is 2.89. The van der Waals surface area contributed by atoms with Crippen molar-refractivity contribution in [2.45, 2.75) is 39.3 Å². The Labute approximate surface area is 214 Å². The molecule has 1 saturated heterocycles. The summed E-state index contributed by atoms with van der Waals surface area (Å²) in [7, 11) is 0. The van der Waals surface area contributed by atoms with Crippen LogP contribution in [0.2, 0.25) is 0 Å². The normalized spacial score (nSPS) is 18.3. The first-order chi connectivity index (χ1) is 17.4. The number of carbonyl (C=O) groups is 1. The molecule has 4 nitrogen and oxygen atoms in total. The maximum absolute atomic E-state index is 11.5. The van der Waals surface area contributed by atoms with Crippen LogP contribution in [-0.4, -0.2) is 32.1 Å². The SMILES string of the molecule is C=C1C=C(c2ccc(N3CCOC(C)C3)cc2)Cc2c1cc(C)cc2C(C)Nc1ccccc1C=O. The van der Waals surface area contributed by atoms with E-state index in [4.69, 9.17) is 4.74 Å². The Hall–Kier alpha value is -3.63. The van der Waals surface area contributed by atoms with E-state index in [-0.39, 0.29) is 12.1 Å². The van der Waals surface area contributed by atoms with Crippen LogP contribution in [0.5, 0.6) is 0 Å². The van der Waals surface area contributed by atoms with Gasteiger partial charge >= 0.3 is 0 Å². The molecule has 1 fully saturated rings. The second-order valence-corrected chi connectivity index (χ2v) is 10.00. The van der Waals surface area contributed by atoms with Gasteiger partial charge in [0, 0.05) is 36.1 Å². The summed E-state index contributed by atoms with van der Waals surface area (Å²) in [6, 6.07) is 21.1. The molecule has 1 aliphatic carbocycles. The van der Waals surface area contributed by atoms with Gasteiger partial charge in [-0.25, -0.2) is 0 Å². The Balaban J connectivity index is 1.42. The molecule has 36 heavy (non-hydrogen) atoms. The molecule has 2 aliphatic rings. The third kappa shape index (κ3) is 4.87. The molecular formula is C32H34N2O2. The Morgan fingerprint density at radius 3 is 2.67 bits per heavy atom. The van der Waals surface area contributed by atoms with Gasteiger partial charge in [-0.2, -0.15) is 0 Å². The Morgan fingerprint density at radius 2 is 1.92 bits per heavy atom. The number of hydrogen-bond acceptors (Lipinski definition) is 4. The lowest BCUT2D eigenvalue weighted by Gasteiger charge is -2.33. The van der Waals surface area contributed by atoms with Gasteiger partial charge in [0.2, 0.25) is 0 Å². The van der Waals surface area contributed by atoms with Gasteiger partial charge in [0.1, 0.15) is 0 Å². The predicted octanol–water partition coefficient (Wildman–Crippen LogP) is 6.86. The van der Waals surface area contributed by atoms with Crippen LogP contribution in [0, 0.1) is 6.92 Å². The zero-order valence-corrected chi connectivity index (χ0v) is 21.4. The third-order valence-corrected chi connectivity index (χ3v) is 7.26. The Bertz CT molecular complexity index is 1320. The number of para-hydroxylation sites is 1. The number of hydrogen-bond donors (Lipinski definition) is 1. The van der Waals surface area contributed by atoms with E-state index in [9.17, 15) is 4.79 Å². The zero-order valence-electron chi connectivity index (χ0n) is 21.4. The molecule has 1 heterocycles. The lowest BCUT2D eigenvalue weighted by molar-refractivity contribution is 0.0532. The molecule has 3 aromatic carbocycles. The Kier molecular flexibility index (Phi) is 6.80. The highest BCUT2D eigenvalue weighted by Gasteiger charge is 2.23. The summed E-state index contributed by atoms with van der Waals surface area (Å²) in [6.07, 6.45) is 4.25. The number of rotatable bonds is 6. The molecule has 0 bridgehead atoms. The van der Waals surface area contributed by atoms with Gasteiger partial charge < -0.3 is 15.0 Å². The van der Waals surface area contributed by atoms with Crippen molar-refractivity contribution in [3.05, 3.63) is 107 Å². The number of ether oxygens (including phenoxy) is 1. The van der Waals surface area contributed by atoms with Crippen molar-refractivity contribution in [3.63, 3.8) is 0 Å². The molecule has 5 rings (SSSR count). The highest BCUT2D eigenvalue weighted by molar-refractivity contribution is 5.90. The van der Waals surface area contributed by atoms with E-state index in [1.54, 1.807) is 0 Å². The van der Waals surface area contributed by atoms with E-state index in [2.05, 4.69) is 80.0 Å². The van der Waals surface area contributed by atoms with E-state index in [1.165, 1.54) is 39.1 Å². The van der Waals surface area contributed by atoms with Crippen molar-refractivity contribution < 1.29 is 9.53 Å². The highest BCUT2D eigenvalue weighted by Crippen LogP contribution is 2.39. The van der Waals surface area contributed by atoms with Crippen molar-refractivity contribution in [3.8, 4) is 0 Å². The van der Waals surface area contributed by atoms with Crippen LogP contribution < -0.4 is 10.2 Å². The van der Waals surface area contributed by atoms with E-state index in [0.717, 1.165) is 43.7 Å². The number of aldehydes is 1. The topological polar surface area (TPSA) is 41.6 Å². The number of aryl methyl sites for hydroxylation is 1. The molecule has 184 valence electrons. The number of anilines is 2. The molecule has 3 aromatic rings. The molecular weight excluding hydrogens is 444 g/mol. The van der Waals surface area contributed by atoms with Crippen LogP contribution in [-0.2, 0) is 11.2 Å². The molecule has 0 amide bonds. The summed E-state index contributed by atoms with van der Waals surface area (Å²) in [5.41, 5.74) is 11.3. The number of morpholine rings is 1. The van der Waals surface area contributed by atoms with Crippen LogP contribution in [0.3, 0.4) is 0 Å². The summed E-state index contributed by atoms with van der Waals surface area (Å²) < 4.78 is 5.70. The van der Waals surface area contributed by atoms with Gasteiger partial charge in [-0.05, 0) is 84.9 Å². The van der Waals surface area contributed by atoms with Gasteiger partial charge in [-0.3, -0.25) is 4.79 Å². The van der Waals surface area contributed by atoms with Crippen LogP contribution in [0.15, 0.2) is 73.3 Å². The van der Waals surface area contributed by atoms with Gasteiger partial charge in [-0.1, -0.05) is 54.6 Å². The highest BCUT2D eigenvalue weighted by atomic mass is 16.5. The first kappa shape index (κ1) is 24.1. The summed E-state index contributed by atoms with van der Waals surface area (Å²) in [5, 5.41) is 3.58. The summed E-state index contributed by atoms with van der Waals surface area (Å²) >= 11 is 0. The first-order valence-corrected chi connectivity index (χ1v) is 12.7. The zero-order chi connectivity index (χ0) is 25.2. The lowest BCUT2D eigenvalue weighted by Crippen LogP contribution is -2.41. The largest absolute Gasteiger partial charge is 0.378 e. The van der Waals surface area contributed by atoms with Crippen molar-refractivity contribution in [1.82, 2.24) is 0 Å². The van der Waals surface area contributed by atoms with Gasteiger partial charge in [0.05, 0.1) is 12.7 Å². The molecule has 2 atom stereocenters. The van der Waals surface area contributed by atoms with E-state index in [0.29, 0.717) is 5.56 Å². The van der Waals surface area contributed by atoms with Crippen molar-refractivity contribution in [2.24, 2.45) is 0 Å². The van der Waals surface area contributed by atoms with Crippen LogP contribution in [0.4, 0.5) is 11.4 Å². The smallest absolute Gasteiger partial charge is 0.152 e. The van der Waals surface area contributed by atoms with Crippen molar-refractivity contribution >= 4 is 28.8 Å². The van der Waals surface area contributed by atoms with Crippen LogP contribution in [0.25, 0.3) is 11.1 Å². The van der Waals surface area contributed by atoms with Crippen LogP contribution >= 0.6 is 0 Å². The number of benzene rings is 3. The fraction of sp³-hybridized carbons (Fsp3) is 0.281. The minimum Gasteiger partial charge on any atom is -0.378 e. The number of nitrogens with zero attached hydrogens (tertiary/aromatic N) is 1. The van der Waals surface area contributed by atoms with E-state index < -0.39 is 0 Å². The summed E-state index contributed by atoms with van der Waals surface area (Å²) in [6.45, 7) is 13.5. The van der Waals surface area contributed by atoms with Crippen molar-refractivity contribution in [2.75, 3.05) is 29.9 Å². The minimum atomic E-state index is 0.0394. The molecule has 0 radical (unpaired) electrons. The van der Waals surface area contributed by atoms with Gasteiger partial charge in [0.15, 0.2) is 6.29 Å². The number of allylic oxidation sites excluding steroid dienone is 3. The summed E-state index contributed by atoms with van der Waals surface area (Å²) in [4.78, 5) is 13.9. The molecule has 4 heteroatoms. The summed E-state index contributed by atoms with van der Waals surface area (Å²) in [5.74, 6) is 0. The second-order valence-electron chi connectivity index (χ2n) is 10.00. The van der Waals surface area contributed by atoms with Crippen LogP contribution in [0.1, 0.15) is 58.1 Å². The molecule has 0 spiro atoms. The first-order valence-electron chi connectivity index (χ1n) is 12.7. The Morgan fingerprint density at radius 1 is 1.14 bits per heavy atom. The number of nitrogens with one attached hydrogen (secondary N) is 1. The maximum atomic E-state index is 11.5. The molecule has 0 saturated carbocycles. The minimum absolute atomic E-state index is 0.0394. The number of carbonyl (C=O) groups excluding carboxylic acids is 1. The monoisotopic (exact) mass is 478 g/mol. The third-order valence-electron chi connectivity index (χ3n) is 7.26. The molecule has 0 aromatic heterocycles. The molecule has 1 aliphatic heterocycles. The quantitative estimate of drug-likeness (QED) is 0.393.